The highest BCUT2D eigenvalue weighted by Crippen LogP contribution is 2.22. The van der Waals surface area contributed by atoms with Gasteiger partial charge in [0, 0.05) is 23.2 Å². The maximum absolute atomic E-state index is 12.6. The van der Waals surface area contributed by atoms with E-state index >= 15 is 0 Å². The van der Waals surface area contributed by atoms with Crippen molar-refractivity contribution in [3.63, 3.8) is 0 Å². The van der Waals surface area contributed by atoms with Gasteiger partial charge in [0.15, 0.2) is 0 Å². The number of likely N-dealkylation sites (tertiary alicyclic amines) is 1. The zero-order valence-corrected chi connectivity index (χ0v) is 18.2. The number of rotatable bonds is 8. The number of carbonyl (C=O) groups excluding carboxylic acids is 2. The minimum atomic E-state index is -0.326. The summed E-state index contributed by atoms with van der Waals surface area (Å²) < 4.78 is 5.21. The number of hydrogen-bond donors (Lipinski definition) is 1. The van der Waals surface area contributed by atoms with E-state index in [1.54, 1.807) is 24.3 Å². The van der Waals surface area contributed by atoms with Crippen LogP contribution in [0, 0.1) is 5.92 Å². The van der Waals surface area contributed by atoms with E-state index in [-0.39, 0.29) is 17.8 Å². The Hall–Kier alpha value is -2.37. The van der Waals surface area contributed by atoms with Gasteiger partial charge in [0.25, 0.3) is 0 Å². The molecule has 6 heteroatoms. The summed E-state index contributed by atoms with van der Waals surface area (Å²) in [5.74, 6) is -0.289. The molecule has 30 heavy (non-hydrogen) atoms. The fourth-order valence-corrected chi connectivity index (χ4v) is 3.79. The fourth-order valence-electron chi connectivity index (χ4n) is 3.57. The summed E-state index contributed by atoms with van der Waals surface area (Å²) in [6.07, 6.45) is 3.50. The Bertz CT molecular complexity index is 846. The summed E-state index contributed by atoms with van der Waals surface area (Å²) >= 11 is 6.06. The highest BCUT2D eigenvalue weighted by atomic mass is 35.5. The molecule has 0 atom stereocenters. The van der Waals surface area contributed by atoms with Crippen LogP contribution in [0.15, 0.2) is 48.5 Å². The molecule has 1 saturated heterocycles. The molecule has 0 bridgehead atoms. The minimum Gasteiger partial charge on any atom is -0.462 e. The van der Waals surface area contributed by atoms with E-state index in [0.717, 1.165) is 50.3 Å². The Morgan fingerprint density at radius 1 is 1.13 bits per heavy atom. The summed E-state index contributed by atoms with van der Waals surface area (Å²) in [5, 5.41) is 3.73. The smallest absolute Gasteiger partial charge is 0.338 e. The van der Waals surface area contributed by atoms with E-state index in [4.69, 9.17) is 16.3 Å². The Balaban J connectivity index is 1.44. The third-order valence-electron chi connectivity index (χ3n) is 5.37. The minimum absolute atomic E-state index is 0.000651. The molecule has 0 aliphatic carbocycles. The number of nitrogens with one attached hydrogen (secondary N) is 1. The van der Waals surface area contributed by atoms with Crippen molar-refractivity contribution >= 4 is 29.2 Å². The average molecular weight is 429 g/mol. The molecule has 0 saturated carbocycles. The molecule has 1 fully saturated rings. The van der Waals surface area contributed by atoms with Gasteiger partial charge in [-0.3, -0.25) is 9.69 Å². The standard InChI is InChI=1S/C24H29ClN2O3/c1-2-3-15-30-24(29)20-7-9-22(10-8-20)26-23(28)19-11-13-27(14-12-19)17-18-5-4-6-21(25)16-18/h4-10,16,19H,2-3,11-15,17H2,1H3,(H,26,28). The van der Waals surface area contributed by atoms with Crippen molar-refractivity contribution in [3.05, 3.63) is 64.7 Å². The van der Waals surface area contributed by atoms with Gasteiger partial charge in [-0.2, -0.15) is 0 Å². The van der Waals surface area contributed by atoms with Crippen LogP contribution in [0.5, 0.6) is 0 Å². The predicted octanol–water partition coefficient (Wildman–Crippen LogP) is 5.15. The van der Waals surface area contributed by atoms with E-state index in [9.17, 15) is 9.59 Å². The molecule has 1 aliphatic rings. The maximum atomic E-state index is 12.6. The van der Waals surface area contributed by atoms with Crippen molar-refractivity contribution in [3.8, 4) is 0 Å². The molecule has 5 nitrogen and oxygen atoms in total. The monoisotopic (exact) mass is 428 g/mol. The second-order valence-corrected chi connectivity index (χ2v) is 8.17. The molecule has 0 radical (unpaired) electrons. The zero-order valence-electron chi connectivity index (χ0n) is 17.4. The highest BCUT2D eigenvalue weighted by molar-refractivity contribution is 6.30. The van der Waals surface area contributed by atoms with E-state index in [1.165, 1.54) is 5.56 Å². The summed E-state index contributed by atoms with van der Waals surface area (Å²) in [7, 11) is 0. The second-order valence-electron chi connectivity index (χ2n) is 7.74. The van der Waals surface area contributed by atoms with Crippen molar-refractivity contribution in [2.45, 2.75) is 39.2 Å². The van der Waals surface area contributed by atoms with E-state index < -0.39 is 0 Å². The van der Waals surface area contributed by atoms with Gasteiger partial charge >= 0.3 is 5.97 Å². The first-order valence-electron chi connectivity index (χ1n) is 10.6. The van der Waals surface area contributed by atoms with Crippen LogP contribution in [0.2, 0.25) is 5.02 Å². The van der Waals surface area contributed by atoms with Gasteiger partial charge in [0.1, 0.15) is 0 Å². The lowest BCUT2D eigenvalue weighted by atomic mass is 9.95. The lowest BCUT2D eigenvalue weighted by Crippen LogP contribution is -2.37. The Morgan fingerprint density at radius 3 is 2.53 bits per heavy atom. The number of amides is 1. The molecule has 3 rings (SSSR count). The normalized spacial score (nSPS) is 15.0. The van der Waals surface area contributed by atoms with Gasteiger partial charge < -0.3 is 10.1 Å². The van der Waals surface area contributed by atoms with Crippen molar-refractivity contribution in [1.29, 1.82) is 0 Å². The second kappa shape index (κ2) is 11.1. The van der Waals surface area contributed by atoms with Gasteiger partial charge in [-0.1, -0.05) is 37.1 Å². The van der Waals surface area contributed by atoms with Crippen LogP contribution < -0.4 is 5.32 Å². The Kier molecular flexibility index (Phi) is 8.29. The summed E-state index contributed by atoms with van der Waals surface area (Å²) in [4.78, 5) is 26.9. The van der Waals surface area contributed by atoms with Crippen molar-refractivity contribution < 1.29 is 14.3 Å². The topological polar surface area (TPSA) is 58.6 Å². The maximum Gasteiger partial charge on any atom is 0.338 e. The molecule has 1 aliphatic heterocycles. The molecule has 1 N–H and O–H groups in total. The van der Waals surface area contributed by atoms with Crippen LogP contribution >= 0.6 is 11.6 Å². The van der Waals surface area contributed by atoms with E-state index in [0.29, 0.717) is 17.9 Å². The van der Waals surface area contributed by atoms with Gasteiger partial charge in [0.05, 0.1) is 12.2 Å². The van der Waals surface area contributed by atoms with Crippen molar-refractivity contribution in [2.75, 3.05) is 25.0 Å². The van der Waals surface area contributed by atoms with Crippen molar-refractivity contribution in [2.24, 2.45) is 5.92 Å². The quantitative estimate of drug-likeness (QED) is 0.466. The Morgan fingerprint density at radius 2 is 1.87 bits per heavy atom. The number of esters is 1. The summed E-state index contributed by atoms with van der Waals surface area (Å²) in [6.45, 7) is 5.10. The fraction of sp³-hybridized carbons (Fsp3) is 0.417. The van der Waals surface area contributed by atoms with E-state index in [1.807, 2.05) is 18.2 Å². The number of hydrogen-bond acceptors (Lipinski definition) is 4. The summed E-state index contributed by atoms with van der Waals surface area (Å²) in [6, 6.07) is 14.8. The molecule has 160 valence electrons. The van der Waals surface area contributed by atoms with Gasteiger partial charge in [0.2, 0.25) is 5.91 Å². The van der Waals surface area contributed by atoms with Crippen LogP contribution in [-0.2, 0) is 16.1 Å². The molecule has 0 unspecified atom stereocenters. The molecule has 1 amide bonds. The highest BCUT2D eigenvalue weighted by Gasteiger charge is 2.25. The number of anilines is 1. The molecule has 2 aromatic carbocycles. The van der Waals surface area contributed by atoms with Crippen LogP contribution in [0.4, 0.5) is 5.69 Å². The first kappa shape index (κ1) is 22.3. The molecular formula is C24H29ClN2O3. The van der Waals surface area contributed by atoms with Crippen LogP contribution in [0.1, 0.15) is 48.5 Å². The van der Waals surface area contributed by atoms with E-state index in [2.05, 4.69) is 23.2 Å². The number of carbonyl (C=O) groups is 2. The number of unbranched alkanes of at least 4 members (excludes halogenated alkanes) is 1. The lowest BCUT2D eigenvalue weighted by Gasteiger charge is -2.31. The number of benzene rings is 2. The average Bonchev–Trinajstić information content (AvgIpc) is 2.75. The van der Waals surface area contributed by atoms with Gasteiger partial charge in [-0.05, 0) is 74.3 Å². The molecule has 2 aromatic rings. The number of piperidine rings is 1. The first-order valence-corrected chi connectivity index (χ1v) is 11.0. The van der Waals surface area contributed by atoms with Crippen LogP contribution in [0.25, 0.3) is 0 Å². The van der Waals surface area contributed by atoms with Gasteiger partial charge in [-0.15, -0.1) is 0 Å². The predicted molar refractivity (Wildman–Crippen MR) is 120 cm³/mol. The molecule has 0 spiro atoms. The lowest BCUT2D eigenvalue weighted by molar-refractivity contribution is -0.121. The SMILES string of the molecule is CCCCOC(=O)c1ccc(NC(=O)C2CCN(Cc3cccc(Cl)c3)CC2)cc1. The van der Waals surface area contributed by atoms with Crippen LogP contribution in [-0.4, -0.2) is 36.5 Å². The van der Waals surface area contributed by atoms with Gasteiger partial charge in [-0.25, -0.2) is 4.79 Å². The third-order valence-corrected chi connectivity index (χ3v) is 5.61. The number of halogens is 1. The molecule has 1 heterocycles. The largest absolute Gasteiger partial charge is 0.462 e. The molecular weight excluding hydrogens is 400 g/mol. The Labute approximate surface area is 183 Å². The first-order chi connectivity index (χ1) is 14.5. The number of ether oxygens (including phenoxy) is 1. The van der Waals surface area contributed by atoms with Crippen LogP contribution in [0.3, 0.4) is 0 Å². The van der Waals surface area contributed by atoms with Crippen molar-refractivity contribution in [1.82, 2.24) is 4.90 Å². The number of nitrogens with zero attached hydrogens (tertiary/aromatic N) is 1. The third kappa shape index (κ3) is 6.57. The molecule has 0 aromatic heterocycles. The summed E-state index contributed by atoms with van der Waals surface area (Å²) in [5.41, 5.74) is 2.39. The zero-order chi connectivity index (χ0) is 21.3.